The second-order valence-electron chi connectivity index (χ2n) is 5.43. The van der Waals surface area contributed by atoms with Crippen LogP contribution < -0.4 is 10.4 Å². The highest BCUT2D eigenvalue weighted by atomic mass is 16.4. The fourth-order valence-corrected chi connectivity index (χ4v) is 2.86. The molecular formula is C16H18BNO2. The molecule has 0 amide bonds. The fourth-order valence-electron chi connectivity index (χ4n) is 2.86. The zero-order valence-electron chi connectivity index (χ0n) is 11.5. The number of anilines is 1. The van der Waals surface area contributed by atoms with Crippen molar-refractivity contribution in [2.75, 3.05) is 4.90 Å². The minimum atomic E-state index is -1.39. The molecule has 2 N–H and O–H groups in total. The second-order valence-corrected chi connectivity index (χ2v) is 5.43. The summed E-state index contributed by atoms with van der Waals surface area (Å²) in [6, 6.07) is 16.5. The molecular weight excluding hydrogens is 249 g/mol. The smallest absolute Gasteiger partial charge is 0.423 e. The first-order chi connectivity index (χ1) is 9.65. The number of hydrogen-bond acceptors (Lipinski definition) is 3. The van der Waals surface area contributed by atoms with Gasteiger partial charge in [0.25, 0.3) is 0 Å². The highest BCUT2D eigenvalue weighted by molar-refractivity contribution is 6.58. The Bertz CT molecular complexity index is 598. The first-order valence-corrected chi connectivity index (χ1v) is 6.94. The summed E-state index contributed by atoms with van der Waals surface area (Å²) in [5, 5.41) is 18.2. The quantitative estimate of drug-likeness (QED) is 0.824. The Kier molecular flexibility index (Phi) is 3.51. The summed E-state index contributed by atoms with van der Waals surface area (Å²) in [5.74, 6) is 0. The largest absolute Gasteiger partial charge is 0.488 e. The highest BCUT2D eigenvalue weighted by Gasteiger charge is 2.25. The van der Waals surface area contributed by atoms with Crippen LogP contribution in [0.4, 0.5) is 5.69 Å². The Morgan fingerprint density at radius 3 is 2.50 bits per heavy atom. The lowest BCUT2D eigenvalue weighted by molar-refractivity contribution is 0.426. The van der Waals surface area contributed by atoms with Gasteiger partial charge in [0.2, 0.25) is 0 Å². The molecule has 1 unspecified atom stereocenters. The molecule has 102 valence electrons. The van der Waals surface area contributed by atoms with Gasteiger partial charge in [-0.3, -0.25) is 0 Å². The van der Waals surface area contributed by atoms with E-state index in [1.807, 2.05) is 12.1 Å². The van der Waals surface area contributed by atoms with Crippen molar-refractivity contribution in [2.24, 2.45) is 0 Å². The number of para-hydroxylation sites is 1. The van der Waals surface area contributed by atoms with Crippen LogP contribution in [0.25, 0.3) is 0 Å². The molecule has 0 bridgehead atoms. The molecule has 1 aliphatic heterocycles. The summed E-state index contributed by atoms with van der Waals surface area (Å²) >= 11 is 0. The predicted molar refractivity (Wildman–Crippen MR) is 82.1 cm³/mol. The third-order valence-corrected chi connectivity index (χ3v) is 3.98. The molecule has 2 aromatic rings. The van der Waals surface area contributed by atoms with E-state index in [2.05, 4.69) is 36.1 Å². The fraction of sp³-hybridized carbons (Fsp3) is 0.250. The summed E-state index contributed by atoms with van der Waals surface area (Å²) in [6.07, 6.45) is 1.09. The maximum absolute atomic E-state index is 9.12. The van der Waals surface area contributed by atoms with Crippen LogP contribution in [0.3, 0.4) is 0 Å². The number of fused-ring (bicyclic) bond motifs is 1. The van der Waals surface area contributed by atoms with Gasteiger partial charge in [0, 0.05) is 18.3 Å². The van der Waals surface area contributed by atoms with Gasteiger partial charge in [-0.15, -0.1) is 0 Å². The normalized spacial score (nSPS) is 17.1. The number of nitrogens with zero attached hydrogens (tertiary/aromatic N) is 1. The molecule has 3 rings (SSSR count). The minimum absolute atomic E-state index is 0.496. The zero-order valence-corrected chi connectivity index (χ0v) is 11.5. The maximum atomic E-state index is 9.12. The van der Waals surface area contributed by atoms with Gasteiger partial charge >= 0.3 is 7.12 Å². The molecule has 0 saturated heterocycles. The van der Waals surface area contributed by atoms with Crippen LogP contribution in [0.2, 0.25) is 0 Å². The van der Waals surface area contributed by atoms with E-state index in [-0.39, 0.29) is 0 Å². The van der Waals surface area contributed by atoms with Gasteiger partial charge in [0.15, 0.2) is 0 Å². The number of hydrogen-bond donors (Lipinski definition) is 2. The van der Waals surface area contributed by atoms with E-state index >= 15 is 0 Å². The molecule has 1 atom stereocenters. The number of rotatable bonds is 3. The molecule has 1 heterocycles. The van der Waals surface area contributed by atoms with Crippen LogP contribution in [0.1, 0.15) is 18.1 Å². The first-order valence-electron chi connectivity index (χ1n) is 6.94. The van der Waals surface area contributed by atoms with Gasteiger partial charge in [0.1, 0.15) is 0 Å². The van der Waals surface area contributed by atoms with Gasteiger partial charge in [-0.25, -0.2) is 0 Å². The SMILES string of the molecule is CC1Cc2ccccc2N1Cc1ccc(B(O)O)cc1. The van der Waals surface area contributed by atoms with Crippen molar-refractivity contribution in [1.82, 2.24) is 0 Å². The topological polar surface area (TPSA) is 43.7 Å². The van der Waals surface area contributed by atoms with E-state index in [4.69, 9.17) is 10.0 Å². The van der Waals surface area contributed by atoms with Crippen LogP contribution in [0, 0.1) is 0 Å². The Morgan fingerprint density at radius 1 is 1.10 bits per heavy atom. The van der Waals surface area contributed by atoms with Crippen LogP contribution in [0.5, 0.6) is 0 Å². The number of benzene rings is 2. The van der Waals surface area contributed by atoms with E-state index in [0.717, 1.165) is 13.0 Å². The third-order valence-electron chi connectivity index (χ3n) is 3.98. The average molecular weight is 267 g/mol. The molecule has 0 spiro atoms. The van der Waals surface area contributed by atoms with Gasteiger partial charge < -0.3 is 14.9 Å². The molecule has 0 saturated carbocycles. The lowest BCUT2D eigenvalue weighted by Crippen LogP contribution is -2.31. The molecule has 3 nitrogen and oxygen atoms in total. The van der Waals surface area contributed by atoms with E-state index in [9.17, 15) is 0 Å². The van der Waals surface area contributed by atoms with Crippen LogP contribution >= 0.6 is 0 Å². The van der Waals surface area contributed by atoms with Crippen molar-refractivity contribution in [1.29, 1.82) is 0 Å². The Morgan fingerprint density at radius 2 is 1.80 bits per heavy atom. The standard InChI is InChI=1S/C16H18BNO2/c1-12-10-14-4-2-3-5-16(14)18(12)11-13-6-8-15(9-7-13)17(19)20/h2-9,12,19-20H,10-11H2,1H3. The van der Waals surface area contributed by atoms with Crippen molar-refractivity contribution >= 4 is 18.3 Å². The lowest BCUT2D eigenvalue weighted by atomic mass is 9.80. The zero-order chi connectivity index (χ0) is 14.1. The Hall–Kier alpha value is -1.78. The molecule has 0 aromatic heterocycles. The molecule has 4 heteroatoms. The van der Waals surface area contributed by atoms with Crippen molar-refractivity contribution in [3.05, 3.63) is 59.7 Å². The molecule has 0 aliphatic carbocycles. The predicted octanol–water partition coefficient (Wildman–Crippen LogP) is 1.32. The molecule has 2 aromatic carbocycles. The van der Waals surface area contributed by atoms with E-state index in [0.29, 0.717) is 11.5 Å². The summed E-state index contributed by atoms with van der Waals surface area (Å²) in [6.45, 7) is 3.09. The summed E-state index contributed by atoms with van der Waals surface area (Å²) in [4.78, 5) is 2.40. The molecule has 1 aliphatic rings. The second kappa shape index (κ2) is 5.31. The molecule has 20 heavy (non-hydrogen) atoms. The van der Waals surface area contributed by atoms with E-state index < -0.39 is 7.12 Å². The Balaban J connectivity index is 1.81. The highest BCUT2D eigenvalue weighted by Crippen LogP contribution is 2.32. The van der Waals surface area contributed by atoms with Crippen LogP contribution in [0.15, 0.2) is 48.5 Å². The maximum Gasteiger partial charge on any atom is 0.488 e. The van der Waals surface area contributed by atoms with Crippen molar-refractivity contribution < 1.29 is 10.0 Å². The van der Waals surface area contributed by atoms with Crippen molar-refractivity contribution in [2.45, 2.75) is 25.9 Å². The molecule has 0 radical (unpaired) electrons. The summed E-state index contributed by atoms with van der Waals surface area (Å²) < 4.78 is 0. The van der Waals surface area contributed by atoms with Crippen molar-refractivity contribution in [3.8, 4) is 0 Å². The van der Waals surface area contributed by atoms with Crippen molar-refractivity contribution in [3.63, 3.8) is 0 Å². The van der Waals surface area contributed by atoms with E-state index in [1.54, 1.807) is 12.1 Å². The van der Waals surface area contributed by atoms with Gasteiger partial charge in [-0.05, 0) is 36.0 Å². The van der Waals surface area contributed by atoms with E-state index in [1.165, 1.54) is 16.8 Å². The third kappa shape index (κ3) is 2.44. The molecule has 0 fully saturated rings. The summed E-state index contributed by atoms with van der Waals surface area (Å²) in [7, 11) is -1.39. The average Bonchev–Trinajstić information content (AvgIpc) is 2.76. The summed E-state index contributed by atoms with van der Waals surface area (Å²) in [5.41, 5.74) is 4.43. The van der Waals surface area contributed by atoms with Gasteiger partial charge in [-0.2, -0.15) is 0 Å². The Labute approximate surface area is 119 Å². The minimum Gasteiger partial charge on any atom is -0.423 e. The van der Waals surface area contributed by atoms with Crippen LogP contribution in [-0.2, 0) is 13.0 Å². The van der Waals surface area contributed by atoms with Gasteiger partial charge in [-0.1, -0.05) is 42.5 Å². The van der Waals surface area contributed by atoms with Crippen LogP contribution in [-0.4, -0.2) is 23.2 Å². The lowest BCUT2D eigenvalue weighted by Gasteiger charge is -2.25. The van der Waals surface area contributed by atoms with Gasteiger partial charge in [0.05, 0.1) is 0 Å². The first kappa shape index (κ1) is 13.2. The monoisotopic (exact) mass is 267 g/mol.